The smallest absolute Gasteiger partial charge is 0.306 e. The Hall–Kier alpha value is -1.89. The molecule has 1 aromatic heterocycles. The Morgan fingerprint density at radius 2 is 2.14 bits per heavy atom. The molecule has 1 heterocycles. The third-order valence-corrected chi connectivity index (χ3v) is 4.13. The number of aromatic nitrogens is 2. The molecule has 0 spiro atoms. The highest BCUT2D eigenvalue weighted by Gasteiger charge is 2.26. The number of carbonyl (C=O) groups is 2. The van der Waals surface area contributed by atoms with Crippen molar-refractivity contribution in [3.8, 4) is 0 Å². The number of nitrogens with zero attached hydrogens (tertiary/aromatic N) is 2. The van der Waals surface area contributed by atoms with Crippen LogP contribution in [-0.2, 0) is 16.6 Å². The van der Waals surface area contributed by atoms with Crippen LogP contribution in [0.3, 0.4) is 0 Å². The number of rotatable bonds is 5. The zero-order valence-electron chi connectivity index (χ0n) is 12.2. The molecule has 7 heteroatoms. The van der Waals surface area contributed by atoms with E-state index in [-0.39, 0.29) is 11.8 Å². The van der Waals surface area contributed by atoms with Gasteiger partial charge in [-0.3, -0.25) is 14.3 Å². The topological polar surface area (TPSA) is 110 Å². The second kappa shape index (κ2) is 6.71. The van der Waals surface area contributed by atoms with E-state index >= 15 is 0 Å². The Kier molecular flexibility index (Phi) is 4.95. The molecule has 1 amide bonds. The van der Waals surface area contributed by atoms with E-state index in [2.05, 4.69) is 10.4 Å². The molecule has 1 aromatic rings. The van der Waals surface area contributed by atoms with Crippen molar-refractivity contribution < 1.29 is 14.7 Å². The van der Waals surface area contributed by atoms with Crippen molar-refractivity contribution in [1.82, 2.24) is 15.1 Å². The second-order valence-electron chi connectivity index (χ2n) is 5.73. The lowest BCUT2D eigenvalue weighted by Crippen LogP contribution is -2.38. The van der Waals surface area contributed by atoms with Crippen LogP contribution in [-0.4, -0.2) is 33.3 Å². The molecule has 0 aliphatic heterocycles. The van der Waals surface area contributed by atoms with Crippen LogP contribution in [0.2, 0.25) is 0 Å². The first kappa shape index (κ1) is 15.5. The number of carboxylic acid groups (broad SMARTS) is 1. The van der Waals surface area contributed by atoms with Crippen molar-refractivity contribution in [3.63, 3.8) is 0 Å². The minimum Gasteiger partial charge on any atom is -0.481 e. The van der Waals surface area contributed by atoms with Crippen LogP contribution < -0.4 is 11.1 Å². The van der Waals surface area contributed by atoms with E-state index < -0.39 is 12.0 Å². The lowest BCUT2D eigenvalue weighted by atomic mass is 9.82. The Bertz CT molecular complexity index is 506. The Balaban J connectivity index is 1.76. The van der Waals surface area contributed by atoms with Gasteiger partial charge in [0.05, 0.1) is 12.1 Å². The summed E-state index contributed by atoms with van der Waals surface area (Å²) in [6, 6.07) is -0.714. The molecule has 2 rings (SSSR count). The highest BCUT2D eigenvalue weighted by atomic mass is 16.4. The highest BCUT2D eigenvalue weighted by molar-refractivity contribution is 5.82. The molecule has 1 saturated carbocycles. The first-order valence-corrected chi connectivity index (χ1v) is 7.22. The summed E-state index contributed by atoms with van der Waals surface area (Å²) >= 11 is 0. The van der Waals surface area contributed by atoms with Gasteiger partial charge in [-0.15, -0.1) is 0 Å². The third-order valence-electron chi connectivity index (χ3n) is 4.13. The van der Waals surface area contributed by atoms with Gasteiger partial charge in [-0.1, -0.05) is 0 Å². The second-order valence-corrected chi connectivity index (χ2v) is 5.73. The zero-order valence-corrected chi connectivity index (χ0v) is 12.2. The van der Waals surface area contributed by atoms with Gasteiger partial charge >= 0.3 is 5.97 Å². The van der Waals surface area contributed by atoms with Crippen molar-refractivity contribution >= 4 is 11.9 Å². The summed E-state index contributed by atoms with van der Waals surface area (Å²) in [6.45, 7) is 0.555. The molecule has 1 unspecified atom stereocenters. The molecular formula is C14H22N4O3. The molecule has 1 fully saturated rings. The maximum absolute atomic E-state index is 12.0. The summed E-state index contributed by atoms with van der Waals surface area (Å²) in [5, 5.41) is 15.8. The molecule has 1 aliphatic rings. The maximum atomic E-state index is 12.0. The fourth-order valence-electron chi connectivity index (χ4n) is 2.72. The quantitative estimate of drug-likeness (QED) is 0.729. The largest absolute Gasteiger partial charge is 0.481 e. The summed E-state index contributed by atoms with van der Waals surface area (Å²) in [4.78, 5) is 22.9. The van der Waals surface area contributed by atoms with Crippen LogP contribution in [0.15, 0.2) is 12.4 Å². The van der Waals surface area contributed by atoms with Crippen LogP contribution in [0.1, 0.15) is 37.3 Å². The fourth-order valence-corrected chi connectivity index (χ4v) is 2.72. The van der Waals surface area contributed by atoms with E-state index in [0.29, 0.717) is 30.9 Å². The van der Waals surface area contributed by atoms with Crippen LogP contribution in [0.5, 0.6) is 0 Å². The Morgan fingerprint density at radius 1 is 1.48 bits per heavy atom. The molecule has 21 heavy (non-hydrogen) atoms. The van der Waals surface area contributed by atoms with Crippen LogP contribution in [0, 0.1) is 11.8 Å². The number of hydrogen-bond donors (Lipinski definition) is 3. The Morgan fingerprint density at radius 3 is 2.67 bits per heavy atom. The van der Waals surface area contributed by atoms with E-state index in [4.69, 9.17) is 10.8 Å². The van der Waals surface area contributed by atoms with Crippen molar-refractivity contribution in [3.05, 3.63) is 18.0 Å². The summed E-state index contributed by atoms with van der Waals surface area (Å²) in [5.41, 5.74) is 6.57. The van der Waals surface area contributed by atoms with Gasteiger partial charge in [0.15, 0.2) is 0 Å². The summed E-state index contributed by atoms with van der Waals surface area (Å²) in [5.74, 6) is -0.820. The number of hydrogen-bond acceptors (Lipinski definition) is 4. The SMILES string of the molecule is Cn1cc(C(N)C(=O)NCC2CCC(C(=O)O)CC2)cn1. The van der Waals surface area contributed by atoms with Gasteiger partial charge in [0, 0.05) is 25.4 Å². The minimum absolute atomic E-state index is 0.219. The molecule has 0 saturated heterocycles. The predicted octanol–water partition coefficient (Wildman–Crippen LogP) is 0.427. The zero-order chi connectivity index (χ0) is 15.4. The van der Waals surface area contributed by atoms with Gasteiger partial charge in [0.25, 0.3) is 0 Å². The van der Waals surface area contributed by atoms with E-state index in [1.807, 2.05) is 0 Å². The number of aryl methyl sites for hydroxylation is 1. The number of carbonyl (C=O) groups excluding carboxylic acids is 1. The molecule has 1 aliphatic carbocycles. The maximum Gasteiger partial charge on any atom is 0.306 e. The minimum atomic E-state index is -0.714. The first-order valence-electron chi connectivity index (χ1n) is 7.22. The number of carboxylic acids is 1. The van der Waals surface area contributed by atoms with E-state index in [1.165, 1.54) is 0 Å². The summed E-state index contributed by atoms with van der Waals surface area (Å²) < 4.78 is 1.61. The van der Waals surface area contributed by atoms with Gasteiger partial charge in [-0.05, 0) is 31.6 Å². The third kappa shape index (κ3) is 4.04. The van der Waals surface area contributed by atoms with Crippen LogP contribution >= 0.6 is 0 Å². The van der Waals surface area contributed by atoms with E-state index in [1.54, 1.807) is 24.1 Å². The van der Waals surface area contributed by atoms with Gasteiger partial charge in [0.2, 0.25) is 5.91 Å². The monoisotopic (exact) mass is 294 g/mol. The molecule has 0 aromatic carbocycles. The standard InChI is InChI=1S/C14H22N4O3/c1-18-8-11(7-17-18)12(15)13(19)16-6-9-2-4-10(5-3-9)14(20)21/h7-10,12H,2-6,15H2,1H3,(H,16,19)(H,20,21). The summed E-state index contributed by atoms with van der Waals surface area (Å²) in [6.07, 6.45) is 6.35. The number of nitrogens with two attached hydrogens (primary N) is 1. The summed E-state index contributed by atoms with van der Waals surface area (Å²) in [7, 11) is 1.77. The number of nitrogens with one attached hydrogen (secondary N) is 1. The Labute approximate surface area is 123 Å². The van der Waals surface area contributed by atoms with Gasteiger partial charge in [-0.2, -0.15) is 5.10 Å². The first-order chi connectivity index (χ1) is 9.97. The normalized spacial score (nSPS) is 23.5. The average molecular weight is 294 g/mol. The lowest BCUT2D eigenvalue weighted by Gasteiger charge is -2.26. The van der Waals surface area contributed by atoms with Gasteiger partial charge in [-0.25, -0.2) is 0 Å². The van der Waals surface area contributed by atoms with Crippen LogP contribution in [0.4, 0.5) is 0 Å². The molecule has 0 radical (unpaired) electrons. The van der Waals surface area contributed by atoms with Crippen molar-refractivity contribution in [2.24, 2.45) is 24.6 Å². The molecule has 0 bridgehead atoms. The van der Waals surface area contributed by atoms with Crippen molar-refractivity contribution in [2.75, 3.05) is 6.54 Å². The highest BCUT2D eigenvalue weighted by Crippen LogP contribution is 2.28. The number of amides is 1. The van der Waals surface area contributed by atoms with Crippen LogP contribution in [0.25, 0.3) is 0 Å². The molecule has 116 valence electrons. The molecule has 4 N–H and O–H groups in total. The van der Waals surface area contributed by atoms with E-state index in [0.717, 1.165) is 12.8 Å². The van der Waals surface area contributed by atoms with Crippen molar-refractivity contribution in [2.45, 2.75) is 31.7 Å². The average Bonchev–Trinajstić information content (AvgIpc) is 2.91. The number of aliphatic carboxylic acids is 1. The predicted molar refractivity (Wildman–Crippen MR) is 76.2 cm³/mol. The van der Waals surface area contributed by atoms with Gasteiger partial charge < -0.3 is 16.2 Å². The molecular weight excluding hydrogens is 272 g/mol. The van der Waals surface area contributed by atoms with Crippen molar-refractivity contribution in [1.29, 1.82) is 0 Å². The molecule has 7 nitrogen and oxygen atoms in total. The van der Waals surface area contributed by atoms with E-state index in [9.17, 15) is 9.59 Å². The molecule has 1 atom stereocenters. The fraction of sp³-hybridized carbons (Fsp3) is 0.643. The lowest BCUT2D eigenvalue weighted by molar-refractivity contribution is -0.143. The van der Waals surface area contributed by atoms with Gasteiger partial charge in [0.1, 0.15) is 6.04 Å².